The second-order valence-electron chi connectivity index (χ2n) is 7.71. The number of carbonyl (C=O) groups excluding carboxylic acids is 2. The predicted molar refractivity (Wildman–Crippen MR) is 133 cm³/mol. The Balaban J connectivity index is 1.56. The summed E-state index contributed by atoms with van der Waals surface area (Å²) in [7, 11) is 0. The van der Waals surface area contributed by atoms with Gasteiger partial charge in [0.15, 0.2) is 5.76 Å². The quantitative estimate of drug-likeness (QED) is 0.298. The predicted octanol–water partition coefficient (Wildman–Crippen LogP) is 6.18. The lowest BCUT2D eigenvalue weighted by atomic mass is 9.93. The second kappa shape index (κ2) is 10.1. The lowest BCUT2D eigenvalue weighted by molar-refractivity contribution is -0.384. The third-order valence-corrected chi connectivity index (χ3v) is 6.47. The average Bonchev–Trinajstić information content (AvgIpc) is 3.17. The van der Waals surface area contributed by atoms with E-state index in [1.54, 1.807) is 19.1 Å². The highest BCUT2D eigenvalue weighted by Crippen LogP contribution is 2.31. The van der Waals surface area contributed by atoms with Gasteiger partial charge < -0.3 is 9.73 Å². The first-order valence-corrected chi connectivity index (χ1v) is 11.5. The molecule has 4 rings (SSSR count). The molecule has 12 heteroatoms. The van der Waals surface area contributed by atoms with Crippen molar-refractivity contribution >= 4 is 63.7 Å². The summed E-state index contributed by atoms with van der Waals surface area (Å²) in [6, 6.07) is 8.45. The number of furan rings is 1. The number of anilines is 1. The zero-order valence-electron chi connectivity index (χ0n) is 18.2. The first-order valence-electron chi connectivity index (χ1n) is 10.4. The molecule has 1 aliphatic rings. The maximum atomic E-state index is 12.9. The minimum atomic E-state index is -0.669. The summed E-state index contributed by atoms with van der Waals surface area (Å²) in [4.78, 5) is 35.8. The third-order valence-electron chi connectivity index (χ3n) is 5.41. The van der Waals surface area contributed by atoms with Crippen LogP contribution in [0.5, 0.6) is 0 Å². The maximum Gasteiger partial charge on any atom is 0.291 e. The number of aryl methyl sites for hydroxylation is 1. The number of carbonyl (C=O) groups is 2. The number of fused-ring (bicyclic) bond motifs is 1. The van der Waals surface area contributed by atoms with Crippen molar-refractivity contribution in [3.63, 3.8) is 0 Å². The highest BCUT2D eigenvalue weighted by molar-refractivity contribution is 6.42. The van der Waals surface area contributed by atoms with Crippen molar-refractivity contribution in [3.05, 3.63) is 89.8 Å². The van der Waals surface area contributed by atoms with Crippen molar-refractivity contribution in [1.29, 1.82) is 0 Å². The summed E-state index contributed by atoms with van der Waals surface area (Å²) in [6.45, 7) is 1.73. The molecule has 1 aliphatic carbocycles. The van der Waals surface area contributed by atoms with Gasteiger partial charge in [0.05, 0.1) is 20.7 Å². The van der Waals surface area contributed by atoms with E-state index in [0.717, 1.165) is 6.07 Å². The van der Waals surface area contributed by atoms with E-state index in [2.05, 4.69) is 15.8 Å². The number of nitro benzene ring substituents is 1. The molecular formula is C23H17Cl3N4O5. The van der Waals surface area contributed by atoms with Gasteiger partial charge in [0.2, 0.25) is 0 Å². The molecule has 180 valence electrons. The molecule has 1 heterocycles. The molecule has 2 aromatic carbocycles. The van der Waals surface area contributed by atoms with Crippen molar-refractivity contribution in [2.45, 2.75) is 26.2 Å². The number of nitro groups is 1. The monoisotopic (exact) mass is 534 g/mol. The van der Waals surface area contributed by atoms with E-state index in [-0.39, 0.29) is 22.0 Å². The van der Waals surface area contributed by atoms with Crippen LogP contribution in [0.3, 0.4) is 0 Å². The summed E-state index contributed by atoms with van der Waals surface area (Å²) < 4.78 is 5.85. The Bertz CT molecular complexity index is 1400. The van der Waals surface area contributed by atoms with Gasteiger partial charge in [0, 0.05) is 34.9 Å². The Kier molecular flexibility index (Phi) is 7.11. The third kappa shape index (κ3) is 5.17. The van der Waals surface area contributed by atoms with E-state index in [9.17, 15) is 19.7 Å². The lowest BCUT2D eigenvalue weighted by Gasteiger charge is -2.13. The average molecular weight is 536 g/mol. The van der Waals surface area contributed by atoms with E-state index in [1.165, 1.54) is 18.2 Å². The molecule has 0 saturated carbocycles. The van der Waals surface area contributed by atoms with Gasteiger partial charge >= 0.3 is 0 Å². The van der Waals surface area contributed by atoms with Gasteiger partial charge in [-0.15, -0.1) is 0 Å². The molecule has 0 atom stereocenters. The van der Waals surface area contributed by atoms with E-state index < -0.39 is 16.7 Å². The van der Waals surface area contributed by atoms with E-state index in [1.807, 2.05) is 0 Å². The number of hydrogen-bond acceptors (Lipinski definition) is 6. The highest BCUT2D eigenvalue weighted by Gasteiger charge is 2.28. The molecule has 0 aliphatic heterocycles. The SMILES string of the molecule is Cc1c(C(=O)Nc2ccc(Cl)c(Cl)c2)oc2c1/C(=N/NC(=O)c1ccc(Cl)c([N+](=O)[O-])c1)CCC2. The van der Waals surface area contributed by atoms with Crippen molar-refractivity contribution in [3.8, 4) is 0 Å². The van der Waals surface area contributed by atoms with Gasteiger partial charge in [-0.3, -0.25) is 19.7 Å². The van der Waals surface area contributed by atoms with Crippen molar-refractivity contribution in [2.75, 3.05) is 5.32 Å². The lowest BCUT2D eigenvalue weighted by Crippen LogP contribution is -2.22. The summed E-state index contributed by atoms with van der Waals surface area (Å²) in [5.41, 5.74) is 4.30. The maximum absolute atomic E-state index is 12.9. The number of hydrazone groups is 1. The van der Waals surface area contributed by atoms with Gasteiger partial charge in [-0.25, -0.2) is 5.43 Å². The van der Waals surface area contributed by atoms with E-state index >= 15 is 0 Å². The molecule has 2 amide bonds. The molecular weight excluding hydrogens is 519 g/mol. The van der Waals surface area contributed by atoms with Crippen molar-refractivity contribution in [1.82, 2.24) is 5.43 Å². The fourth-order valence-corrected chi connectivity index (χ4v) is 4.22. The Labute approximate surface area is 214 Å². The molecule has 3 aromatic rings. The number of benzene rings is 2. The summed E-state index contributed by atoms with van der Waals surface area (Å²) in [6.07, 6.45) is 1.85. The molecule has 0 fully saturated rings. The second-order valence-corrected chi connectivity index (χ2v) is 8.94. The summed E-state index contributed by atoms with van der Waals surface area (Å²) >= 11 is 17.7. The standard InChI is InChI=1S/C23H17Cl3N4O5/c1-11-20-17(28-29-22(31)12-5-7-15(25)18(9-12)30(33)34)3-2-4-19(20)35-21(11)23(32)27-13-6-8-14(24)16(26)10-13/h5-10H,2-4H2,1H3,(H,27,32)(H,29,31)/b28-17+. The normalized spacial score (nSPS) is 13.9. The van der Waals surface area contributed by atoms with E-state index in [4.69, 9.17) is 39.2 Å². The van der Waals surface area contributed by atoms with Crippen LogP contribution in [0.1, 0.15) is 50.6 Å². The summed E-state index contributed by atoms with van der Waals surface area (Å²) in [5, 5.41) is 18.6. The smallest absolute Gasteiger partial charge is 0.291 e. The molecule has 9 nitrogen and oxygen atoms in total. The molecule has 0 saturated heterocycles. The topological polar surface area (TPSA) is 127 Å². The van der Waals surface area contributed by atoms with Crippen LogP contribution in [0.2, 0.25) is 15.1 Å². The number of hydrogen-bond donors (Lipinski definition) is 2. The van der Waals surface area contributed by atoms with Crippen LogP contribution in [-0.4, -0.2) is 22.4 Å². The van der Waals surface area contributed by atoms with Crippen LogP contribution in [0, 0.1) is 17.0 Å². The molecule has 1 aromatic heterocycles. The van der Waals surface area contributed by atoms with Crippen LogP contribution < -0.4 is 10.7 Å². The number of rotatable bonds is 5. The Morgan fingerprint density at radius 2 is 1.77 bits per heavy atom. The van der Waals surface area contributed by atoms with Gasteiger partial charge in [-0.1, -0.05) is 34.8 Å². The van der Waals surface area contributed by atoms with Gasteiger partial charge in [-0.2, -0.15) is 5.10 Å². The highest BCUT2D eigenvalue weighted by atomic mass is 35.5. The molecule has 35 heavy (non-hydrogen) atoms. The molecule has 0 radical (unpaired) electrons. The van der Waals surface area contributed by atoms with E-state index in [0.29, 0.717) is 57.6 Å². The van der Waals surface area contributed by atoms with Crippen LogP contribution >= 0.6 is 34.8 Å². The summed E-state index contributed by atoms with van der Waals surface area (Å²) in [5.74, 6) is -0.395. The Hall–Kier alpha value is -3.40. The minimum Gasteiger partial charge on any atom is -0.455 e. The fourth-order valence-electron chi connectivity index (χ4n) is 3.74. The number of halogens is 3. The number of nitrogens with one attached hydrogen (secondary N) is 2. The zero-order chi connectivity index (χ0) is 25.3. The van der Waals surface area contributed by atoms with Crippen molar-refractivity contribution < 1.29 is 18.9 Å². The first-order chi connectivity index (χ1) is 16.7. The van der Waals surface area contributed by atoms with Crippen LogP contribution in [0.4, 0.5) is 11.4 Å². The molecule has 0 bridgehead atoms. The Morgan fingerprint density at radius 1 is 1.03 bits per heavy atom. The number of nitrogens with zero attached hydrogens (tertiary/aromatic N) is 2. The van der Waals surface area contributed by atoms with Crippen LogP contribution in [0.15, 0.2) is 45.9 Å². The minimum absolute atomic E-state index is 0.0343. The van der Waals surface area contributed by atoms with Crippen molar-refractivity contribution in [2.24, 2.45) is 5.10 Å². The molecule has 2 N–H and O–H groups in total. The largest absolute Gasteiger partial charge is 0.455 e. The van der Waals surface area contributed by atoms with Crippen LogP contribution in [0.25, 0.3) is 0 Å². The fraction of sp³-hybridized carbons (Fsp3) is 0.174. The Morgan fingerprint density at radius 3 is 2.49 bits per heavy atom. The molecule has 0 spiro atoms. The van der Waals surface area contributed by atoms with Gasteiger partial charge in [0.25, 0.3) is 17.5 Å². The number of amides is 2. The molecule has 0 unspecified atom stereocenters. The zero-order valence-corrected chi connectivity index (χ0v) is 20.4. The first kappa shape index (κ1) is 24.7. The van der Waals surface area contributed by atoms with Crippen LogP contribution in [-0.2, 0) is 6.42 Å². The van der Waals surface area contributed by atoms with Gasteiger partial charge in [0.1, 0.15) is 10.8 Å². The van der Waals surface area contributed by atoms with Gasteiger partial charge in [-0.05, 0) is 50.1 Å².